The van der Waals surface area contributed by atoms with Crippen molar-refractivity contribution >= 4 is 0 Å². The van der Waals surface area contributed by atoms with Crippen molar-refractivity contribution in [2.45, 2.75) is 44.3 Å². The van der Waals surface area contributed by atoms with Crippen molar-refractivity contribution in [3.05, 3.63) is 0 Å². The molecule has 1 saturated carbocycles. The SMILES string of the molecule is COC1(OC)CCCCCC1. The van der Waals surface area contributed by atoms with Gasteiger partial charge in [-0.1, -0.05) is 12.8 Å². The Kier molecular flexibility index (Phi) is 3.34. The molecule has 2 nitrogen and oxygen atoms in total. The number of hydrogen-bond donors (Lipinski definition) is 0. The van der Waals surface area contributed by atoms with E-state index in [0.29, 0.717) is 0 Å². The van der Waals surface area contributed by atoms with Crippen LogP contribution in [0.1, 0.15) is 38.5 Å². The van der Waals surface area contributed by atoms with E-state index in [4.69, 9.17) is 9.47 Å². The molecule has 0 atom stereocenters. The molecular weight excluding hydrogens is 140 g/mol. The van der Waals surface area contributed by atoms with Crippen molar-refractivity contribution in [3.8, 4) is 0 Å². The Morgan fingerprint density at radius 3 is 1.64 bits per heavy atom. The van der Waals surface area contributed by atoms with E-state index in [1.54, 1.807) is 14.2 Å². The molecule has 0 saturated heterocycles. The van der Waals surface area contributed by atoms with Gasteiger partial charge in [-0.2, -0.15) is 0 Å². The van der Waals surface area contributed by atoms with Crippen LogP contribution in [0.3, 0.4) is 0 Å². The maximum Gasteiger partial charge on any atom is 0.167 e. The first-order valence-electron chi connectivity index (χ1n) is 4.43. The summed E-state index contributed by atoms with van der Waals surface area (Å²) in [6, 6.07) is 0. The van der Waals surface area contributed by atoms with E-state index in [-0.39, 0.29) is 5.79 Å². The van der Waals surface area contributed by atoms with Crippen LogP contribution in [-0.2, 0) is 9.47 Å². The maximum absolute atomic E-state index is 5.39. The zero-order valence-corrected chi connectivity index (χ0v) is 7.56. The van der Waals surface area contributed by atoms with E-state index in [1.165, 1.54) is 25.7 Å². The molecule has 1 aliphatic carbocycles. The molecule has 0 aliphatic heterocycles. The Hall–Kier alpha value is -0.0800. The molecule has 0 spiro atoms. The first-order chi connectivity index (χ1) is 5.33. The third-order valence-corrected chi connectivity index (χ3v) is 2.61. The summed E-state index contributed by atoms with van der Waals surface area (Å²) in [7, 11) is 3.49. The van der Waals surface area contributed by atoms with Crippen molar-refractivity contribution in [3.63, 3.8) is 0 Å². The average molecular weight is 158 g/mol. The Morgan fingerprint density at radius 1 is 0.818 bits per heavy atom. The number of methoxy groups -OCH3 is 2. The van der Waals surface area contributed by atoms with Crippen LogP contribution in [0, 0.1) is 0 Å². The number of hydrogen-bond acceptors (Lipinski definition) is 2. The summed E-state index contributed by atoms with van der Waals surface area (Å²) in [5, 5.41) is 0. The number of ether oxygens (including phenoxy) is 2. The van der Waals surface area contributed by atoms with Crippen LogP contribution in [0.15, 0.2) is 0 Å². The second-order valence-corrected chi connectivity index (χ2v) is 3.23. The third-order valence-electron chi connectivity index (χ3n) is 2.61. The Balaban J connectivity index is 2.49. The van der Waals surface area contributed by atoms with Gasteiger partial charge in [-0.05, 0) is 12.8 Å². The zero-order valence-electron chi connectivity index (χ0n) is 7.56. The lowest BCUT2D eigenvalue weighted by atomic mass is 10.1. The smallest absolute Gasteiger partial charge is 0.167 e. The predicted molar refractivity (Wildman–Crippen MR) is 44.5 cm³/mol. The molecule has 1 aliphatic rings. The summed E-state index contributed by atoms with van der Waals surface area (Å²) >= 11 is 0. The lowest BCUT2D eigenvalue weighted by Gasteiger charge is -2.29. The molecule has 0 unspecified atom stereocenters. The molecule has 11 heavy (non-hydrogen) atoms. The van der Waals surface area contributed by atoms with E-state index in [2.05, 4.69) is 0 Å². The average Bonchev–Trinajstić information content (AvgIpc) is 2.30. The summed E-state index contributed by atoms with van der Waals surface area (Å²) in [6.45, 7) is 0. The van der Waals surface area contributed by atoms with Gasteiger partial charge in [-0.25, -0.2) is 0 Å². The highest BCUT2D eigenvalue weighted by Crippen LogP contribution is 2.30. The fraction of sp³-hybridized carbons (Fsp3) is 1.00. The van der Waals surface area contributed by atoms with Crippen LogP contribution in [0.2, 0.25) is 0 Å². The lowest BCUT2D eigenvalue weighted by Crippen LogP contribution is -2.32. The van der Waals surface area contributed by atoms with Crippen molar-refractivity contribution in [1.82, 2.24) is 0 Å². The van der Waals surface area contributed by atoms with Gasteiger partial charge in [0.1, 0.15) is 0 Å². The van der Waals surface area contributed by atoms with E-state index in [9.17, 15) is 0 Å². The molecule has 66 valence electrons. The summed E-state index contributed by atoms with van der Waals surface area (Å²) in [4.78, 5) is 0. The van der Waals surface area contributed by atoms with Crippen molar-refractivity contribution in [2.75, 3.05) is 14.2 Å². The monoisotopic (exact) mass is 158 g/mol. The highest BCUT2D eigenvalue weighted by molar-refractivity contribution is 4.72. The minimum absolute atomic E-state index is 0.253. The van der Waals surface area contributed by atoms with Gasteiger partial charge in [-0.15, -0.1) is 0 Å². The van der Waals surface area contributed by atoms with Gasteiger partial charge in [0.05, 0.1) is 0 Å². The van der Waals surface area contributed by atoms with Crippen LogP contribution in [-0.4, -0.2) is 20.0 Å². The Bertz CT molecular complexity index is 98.1. The quantitative estimate of drug-likeness (QED) is 0.453. The fourth-order valence-electron chi connectivity index (χ4n) is 1.76. The molecule has 0 aromatic heterocycles. The summed E-state index contributed by atoms with van der Waals surface area (Å²) in [6.07, 6.45) is 7.24. The summed E-state index contributed by atoms with van der Waals surface area (Å²) in [5.74, 6) is -0.253. The first kappa shape index (κ1) is 9.01. The van der Waals surface area contributed by atoms with Crippen molar-refractivity contribution in [1.29, 1.82) is 0 Å². The summed E-state index contributed by atoms with van der Waals surface area (Å²) < 4.78 is 10.8. The molecule has 0 radical (unpaired) electrons. The van der Waals surface area contributed by atoms with Gasteiger partial charge < -0.3 is 9.47 Å². The highest BCUT2D eigenvalue weighted by Gasteiger charge is 2.29. The normalized spacial score (nSPS) is 24.5. The second-order valence-electron chi connectivity index (χ2n) is 3.23. The van der Waals surface area contributed by atoms with Crippen molar-refractivity contribution < 1.29 is 9.47 Å². The topological polar surface area (TPSA) is 18.5 Å². The standard InChI is InChI=1S/C9H18O2/c1-10-9(11-2)7-5-3-4-6-8-9/h3-8H2,1-2H3. The zero-order chi connectivity index (χ0) is 8.16. The molecular formula is C9H18O2. The summed E-state index contributed by atoms with van der Waals surface area (Å²) in [5.41, 5.74) is 0. The van der Waals surface area contributed by atoms with Gasteiger partial charge >= 0.3 is 0 Å². The molecule has 2 heteroatoms. The minimum atomic E-state index is -0.253. The first-order valence-corrected chi connectivity index (χ1v) is 4.43. The van der Waals surface area contributed by atoms with E-state index >= 15 is 0 Å². The van der Waals surface area contributed by atoms with Crippen LogP contribution < -0.4 is 0 Å². The molecule has 0 amide bonds. The molecule has 1 fully saturated rings. The van der Waals surface area contributed by atoms with Crippen LogP contribution in [0.25, 0.3) is 0 Å². The molecule has 0 heterocycles. The fourth-order valence-corrected chi connectivity index (χ4v) is 1.76. The molecule has 0 aromatic rings. The predicted octanol–water partition coefficient (Wildman–Crippen LogP) is 2.33. The Labute approximate surface area is 68.9 Å². The van der Waals surface area contributed by atoms with Gasteiger partial charge in [0.2, 0.25) is 0 Å². The van der Waals surface area contributed by atoms with Crippen LogP contribution in [0.5, 0.6) is 0 Å². The van der Waals surface area contributed by atoms with Gasteiger partial charge in [0.15, 0.2) is 5.79 Å². The molecule has 0 aromatic carbocycles. The van der Waals surface area contributed by atoms with Crippen LogP contribution >= 0.6 is 0 Å². The maximum atomic E-state index is 5.39. The highest BCUT2D eigenvalue weighted by atomic mass is 16.7. The van der Waals surface area contributed by atoms with E-state index < -0.39 is 0 Å². The molecule has 0 bridgehead atoms. The van der Waals surface area contributed by atoms with Crippen molar-refractivity contribution in [2.24, 2.45) is 0 Å². The lowest BCUT2D eigenvalue weighted by molar-refractivity contribution is -0.213. The number of rotatable bonds is 2. The van der Waals surface area contributed by atoms with Crippen LogP contribution in [0.4, 0.5) is 0 Å². The van der Waals surface area contributed by atoms with Gasteiger partial charge in [-0.3, -0.25) is 0 Å². The van der Waals surface area contributed by atoms with E-state index in [1.807, 2.05) is 0 Å². The van der Waals surface area contributed by atoms with Gasteiger partial charge in [0, 0.05) is 27.1 Å². The molecule has 1 rings (SSSR count). The second kappa shape index (κ2) is 4.07. The van der Waals surface area contributed by atoms with Gasteiger partial charge in [0.25, 0.3) is 0 Å². The van der Waals surface area contributed by atoms with E-state index in [0.717, 1.165) is 12.8 Å². The minimum Gasteiger partial charge on any atom is -0.353 e. The Morgan fingerprint density at radius 2 is 1.27 bits per heavy atom. The molecule has 0 N–H and O–H groups in total. The third kappa shape index (κ3) is 2.17. The largest absolute Gasteiger partial charge is 0.353 e.